The predicted molar refractivity (Wildman–Crippen MR) is 88.9 cm³/mol. The summed E-state index contributed by atoms with van der Waals surface area (Å²) in [5, 5.41) is 0. The third-order valence-corrected chi connectivity index (χ3v) is 4.42. The van der Waals surface area contributed by atoms with E-state index in [1.54, 1.807) is 6.20 Å². The van der Waals surface area contributed by atoms with Gasteiger partial charge in [0.1, 0.15) is 5.60 Å². The van der Waals surface area contributed by atoms with E-state index in [0.717, 1.165) is 36.6 Å². The number of rotatable bonds is 1. The average molecular weight is 315 g/mol. The lowest BCUT2D eigenvalue weighted by Gasteiger charge is -2.24. The maximum atomic E-state index is 12.2. The Morgan fingerprint density at radius 1 is 1.30 bits per heavy atom. The minimum Gasteiger partial charge on any atom is -0.444 e. The summed E-state index contributed by atoms with van der Waals surface area (Å²) in [6, 6.07) is 0. The zero-order valence-corrected chi connectivity index (χ0v) is 14.6. The van der Waals surface area contributed by atoms with Crippen LogP contribution in [0, 0.1) is 25.7 Å². The lowest BCUT2D eigenvalue weighted by atomic mass is 9.99. The van der Waals surface area contributed by atoms with Crippen LogP contribution in [0.4, 0.5) is 4.79 Å². The van der Waals surface area contributed by atoms with E-state index in [0.29, 0.717) is 11.8 Å². The van der Waals surface area contributed by atoms with Gasteiger partial charge in [-0.15, -0.1) is 0 Å². The number of carbonyl (C=O) groups excluding carboxylic acids is 1. The van der Waals surface area contributed by atoms with Crippen LogP contribution >= 0.6 is 0 Å². The molecule has 2 heterocycles. The molecule has 0 saturated carbocycles. The molecule has 5 heteroatoms. The van der Waals surface area contributed by atoms with Crippen LogP contribution in [0.25, 0.3) is 5.57 Å². The van der Waals surface area contributed by atoms with Gasteiger partial charge in [0, 0.05) is 25.2 Å². The molecule has 5 nitrogen and oxygen atoms in total. The van der Waals surface area contributed by atoms with Gasteiger partial charge in [-0.3, -0.25) is 4.98 Å². The van der Waals surface area contributed by atoms with Crippen molar-refractivity contribution in [3.8, 4) is 0 Å². The summed E-state index contributed by atoms with van der Waals surface area (Å²) in [6.07, 6.45) is 4.85. The monoisotopic (exact) mass is 315 g/mol. The standard InChI is InChI=1S/C18H25N3O2/c1-11-8-19-12(2)16(20-11)13-6-14-9-21(10-15(14)7-13)17(22)23-18(3,4)5/h6,8,14-15H,7,9-10H2,1-5H3. The maximum Gasteiger partial charge on any atom is 0.410 e. The van der Waals surface area contributed by atoms with E-state index in [1.165, 1.54) is 5.57 Å². The van der Waals surface area contributed by atoms with Gasteiger partial charge in [0.25, 0.3) is 0 Å². The van der Waals surface area contributed by atoms with Crippen molar-refractivity contribution in [1.29, 1.82) is 0 Å². The smallest absolute Gasteiger partial charge is 0.410 e. The summed E-state index contributed by atoms with van der Waals surface area (Å²) in [5.74, 6) is 0.874. The van der Waals surface area contributed by atoms with Gasteiger partial charge < -0.3 is 9.64 Å². The van der Waals surface area contributed by atoms with Gasteiger partial charge in [-0.1, -0.05) is 6.08 Å². The second-order valence-corrected chi connectivity index (χ2v) is 7.65. The minimum atomic E-state index is -0.440. The lowest BCUT2D eigenvalue weighted by Crippen LogP contribution is -2.35. The zero-order valence-electron chi connectivity index (χ0n) is 14.6. The van der Waals surface area contributed by atoms with Crippen LogP contribution in [0.3, 0.4) is 0 Å². The van der Waals surface area contributed by atoms with E-state index in [2.05, 4.69) is 16.0 Å². The molecule has 0 radical (unpaired) electrons. The maximum absolute atomic E-state index is 12.2. The van der Waals surface area contributed by atoms with Crippen LogP contribution in [0.1, 0.15) is 44.3 Å². The first-order valence-corrected chi connectivity index (χ1v) is 8.22. The van der Waals surface area contributed by atoms with Crippen molar-refractivity contribution in [3.05, 3.63) is 29.4 Å². The van der Waals surface area contributed by atoms with Gasteiger partial charge in [0.05, 0.1) is 17.1 Å². The van der Waals surface area contributed by atoms with E-state index in [-0.39, 0.29) is 6.09 Å². The van der Waals surface area contributed by atoms with Gasteiger partial charge in [-0.2, -0.15) is 0 Å². The van der Waals surface area contributed by atoms with E-state index in [1.807, 2.05) is 39.5 Å². The quantitative estimate of drug-likeness (QED) is 0.797. The number of fused-ring (bicyclic) bond motifs is 1. The molecule has 1 aromatic heterocycles. The highest BCUT2D eigenvalue weighted by molar-refractivity contribution is 5.71. The molecule has 1 amide bonds. The van der Waals surface area contributed by atoms with Crippen LogP contribution < -0.4 is 0 Å². The van der Waals surface area contributed by atoms with Gasteiger partial charge in [0.15, 0.2) is 0 Å². The summed E-state index contributed by atoms with van der Waals surface area (Å²) in [7, 11) is 0. The fourth-order valence-corrected chi connectivity index (χ4v) is 3.40. The molecule has 0 aromatic carbocycles. The third kappa shape index (κ3) is 3.38. The van der Waals surface area contributed by atoms with Crippen LogP contribution in [-0.4, -0.2) is 39.7 Å². The number of aryl methyl sites for hydroxylation is 2. The first-order valence-electron chi connectivity index (χ1n) is 8.22. The Kier molecular flexibility index (Phi) is 3.90. The summed E-state index contributed by atoms with van der Waals surface area (Å²) in [5.41, 5.74) is 3.77. The summed E-state index contributed by atoms with van der Waals surface area (Å²) in [6.45, 7) is 11.2. The Morgan fingerprint density at radius 2 is 2.04 bits per heavy atom. The number of allylic oxidation sites excluding steroid dienone is 1. The number of amides is 1. The van der Waals surface area contributed by atoms with Crippen molar-refractivity contribution >= 4 is 11.7 Å². The van der Waals surface area contributed by atoms with Crippen LogP contribution in [-0.2, 0) is 4.74 Å². The Morgan fingerprint density at radius 3 is 2.70 bits per heavy atom. The first kappa shape index (κ1) is 16.0. The molecule has 1 aliphatic heterocycles. The number of hydrogen-bond donors (Lipinski definition) is 0. The minimum absolute atomic E-state index is 0.201. The van der Waals surface area contributed by atoms with Crippen molar-refractivity contribution in [2.45, 2.75) is 46.6 Å². The normalized spacial score (nSPS) is 23.7. The molecule has 1 aromatic rings. The van der Waals surface area contributed by atoms with Crippen LogP contribution in [0.15, 0.2) is 12.3 Å². The summed E-state index contributed by atoms with van der Waals surface area (Å²) < 4.78 is 5.48. The molecule has 3 rings (SSSR count). The molecule has 2 atom stereocenters. The molecule has 0 spiro atoms. The van der Waals surface area contributed by atoms with Gasteiger partial charge in [-0.25, -0.2) is 9.78 Å². The Hall–Kier alpha value is -1.91. The Bertz CT molecular complexity index is 661. The molecule has 0 bridgehead atoms. The fraction of sp³-hybridized carbons (Fsp3) is 0.611. The molecular weight excluding hydrogens is 290 g/mol. The van der Waals surface area contributed by atoms with Gasteiger partial charge in [0.2, 0.25) is 0 Å². The van der Waals surface area contributed by atoms with Crippen molar-refractivity contribution in [1.82, 2.24) is 14.9 Å². The second-order valence-electron chi connectivity index (χ2n) is 7.65. The van der Waals surface area contributed by atoms with E-state index in [4.69, 9.17) is 4.74 Å². The molecule has 23 heavy (non-hydrogen) atoms. The van der Waals surface area contributed by atoms with Crippen LogP contribution in [0.5, 0.6) is 0 Å². The number of nitrogens with zero attached hydrogens (tertiary/aromatic N) is 3. The SMILES string of the molecule is Cc1cnc(C)c(C2=CC3CN(C(=O)OC(C)(C)C)CC3C2)n1. The van der Waals surface area contributed by atoms with Gasteiger partial charge in [-0.05, 0) is 52.5 Å². The average Bonchev–Trinajstić information content (AvgIpc) is 2.97. The molecule has 1 saturated heterocycles. The number of ether oxygens (including phenoxy) is 1. The van der Waals surface area contributed by atoms with Crippen molar-refractivity contribution in [3.63, 3.8) is 0 Å². The van der Waals surface area contributed by atoms with Crippen LogP contribution in [0.2, 0.25) is 0 Å². The van der Waals surface area contributed by atoms with E-state index >= 15 is 0 Å². The predicted octanol–water partition coefficient (Wildman–Crippen LogP) is 3.36. The van der Waals surface area contributed by atoms with Crippen molar-refractivity contribution < 1.29 is 9.53 Å². The topological polar surface area (TPSA) is 55.3 Å². The molecule has 1 aliphatic carbocycles. The molecule has 0 N–H and O–H groups in total. The summed E-state index contributed by atoms with van der Waals surface area (Å²) in [4.78, 5) is 23.1. The summed E-state index contributed by atoms with van der Waals surface area (Å²) >= 11 is 0. The molecule has 1 fully saturated rings. The third-order valence-electron chi connectivity index (χ3n) is 4.42. The fourth-order valence-electron chi connectivity index (χ4n) is 3.40. The molecular formula is C18H25N3O2. The highest BCUT2D eigenvalue weighted by Crippen LogP contribution is 2.41. The molecule has 2 unspecified atom stereocenters. The number of aromatic nitrogens is 2. The molecule has 124 valence electrons. The molecule has 2 aliphatic rings. The highest BCUT2D eigenvalue weighted by atomic mass is 16.6. The Labute approximate surface area is 137 Å². The van der Waals surface area contributed by atoms with E-state index in [9.17, 15) is 4.79 Å². The van der Waals surface area contributed by atoms with E-state index < -0.39 is 5.60 Å². The number of likely N-dealkylation sites (tertiary alicyclic amines) is 1. The second kappa shape index (κ2) is 5.62. The highest BCUT2D eigenvalue weighted by Gasteiger charge is 2.40. The lowest BCUT2D eigenvalue weighted by molar-refractivity contribution is 0.0285. The van der Waals surface area contributed by atoms with Gasteiger partial charge >= 0.3 is 6.09 Å². The van der Waals surface area contributed by atoms with Crippen molar-refractivity contribution in [2.24, 2.45) is 11.8 Å². The first-order chi connectivity index (χ1) is 10.7. The number of hydrogen-bond acceptors (Lipinski definition) is 4. The Balaban J connectivity index is 1.71. The zero-order chi connectivity index (χ0) is 16.8. The largest absolute Gasteiger partial charge is 0.444 e. The number of carbonyl (C=O) groups is 1. The van der Waals surface area contributed by atoms with Crippen molar-refractivity contribution in [2.75, 3.05) is 13.1 Å².